The summed E-state index contributed by atoms with van der Waals surface area (Å²) in [5, 5.41) is 5.67. The molecule has 3 rings (SSSR count). The predicted octanol–water partition coefficient (Wildman–Crippen LogP) is 2.13. The number of thioether (sulfide) groups is 1. The van der Waals surface area contributed by atoms with E-state index in [2.05, 4.69) is 12.2 Å². The normalized spacial score (nSPS) is 24.9. The van der Waals surface area contributed by atoms with Crippen LogP contribution in [-0.4, -0.2) is 42.9 Å². The Kier molecular flexibility index (Phi) is 4.42. The largest absolute Gasteiger partial charge is 0.309 e. The minimum Gasteiger partial charge on any atom is -0.309 e. The highest BCUT2D eigenvalue weighted by Crippen LogP contribution is 2.29. The lowest BCUT2D eigenvalue weighted by Gasteiger charge is -2.29. The van der Waals surface area contributed by atoms with Gasteiger partial charge in [-0.3, -0.25) is 0 Å². The first kappa shape index (κ1) is 14.8. The van der Waals surface area contributed by atoms with E-state index in [1.165, 1.54) is 24.2 Å². The van der Waals surface area contributed by atoms with Crippen molar-refractivity contribution in [3.05, 3.63) is 16.3 Å². The molecule has 4 nitrogen and oxygen atoms in total. The first-order valence-corrected chi connectivity index (χ1v) is 10.4. The van der Waals surface area contributed by atoms with Crippen molar-refractivity contribution in [2.45, 2.75) is 42.5 Å². The maximum atomic E-state index is 12.8. The number of rotatable bonds is 5. The highest BCUT2D eigenvalue weighted by molar-refractivity contribution is 8.00. The highest BCUT2D eigenvalue weighted by atomic mass is 32.2. The monoisotopic (exact) mass is 332 g/mol. The van der Waals surface area contributed by atoms with Crippen molar-refractivity contribution in [1.82, 2.24) is 9.62 Å². The zero-order chi connectivity index (χ0) is 14.2. The van der Waals surface area contributed by atoms with Crippen LogP contribution >= 0.6 is 23.1 Å². The van der Waals surface area contributed by atoms with Crippen LogP contribution in [0.4, 0.5) is 0 Å². The molecule has 2 fully saturated rings. The second kappa shape index (κ2) is 5.96. The summed E-state index contributed by atoms with van der Waals surface area (Å²) in [7, 11) is -3.32. The average molecular weight is 333 g/mol. The molecule has 1 unspecified atom stereocenters. The molecule has 1 saturated carbocycles. The lowest BCUT2D eigenvalue weighted by molar-refractivity contribution is 0.423. The summed E-state index contributed by atoms with van der Waals surface area (Å²) in [5.74, 6) is 0.889. The fourth-order valence-corrected chi connectivity index (χ4v) is 6.47. The van der Waals surface area contributed by atoms with Crippen LogP contribution in [0.3, 0.4) is 0 Å². The molecular weight excluding hydrogens is 312 g/mol. The molecule has 1 aliphatic carbocycles. The maximum Gasteiger partial charge on any atom is 0.244 e. The quantitative estimate of drug-likeness (QED) is 0.897. The minimum atomic E-state index is -3.32. The van der Waals surface area contributed by atoms with E-state index in [1.54, 1.807) is 10.4 Å². The van der Waals surface area contributed by atoms with E-state index in [9.17, 15) is 8.42 Å². The molecule has 2 aliphatic rings. The Morgan fingerprint density at radius 1 is 1.45 bits per heavy atom. The van der Waals surface area contributed by atoms with Gasteiger partial charge in [0.1, 0.15) is 0 Å². The van der Waals surface area contributed by atoms with Crippen molar-refractivity contribution in [1.29, 1.82) is 0 Å². The summed E-state index contributed by atoms with van der Waals surface area (Å²) in [6, 6.07) is 2.36. The Hall–Kier alpha value is -0.0800. The Morgan fingerprint density at radius 3 is 2.95 bits per heavy atom. The van der Waals surface area contributed by atoms with E-state index in [-0.39, 0.29) is 0 Å². The highest BCUT2D eigenvalue weighted by Gasteiger charge is 2.31. The molecule has 112 valence electrons. The summed E-state index contributed by atoms with van der Waals surface area (Å²) < 4.78 is 27.2. The molecule has 2 heterocycles. The zero-order valence-electron chi connectivity index (χ0n) is 11.5. The summed E-state index contributed by atoms with van der Waals surface area (Å²) in [6.07, 6.45) is 2.43. The second-order valence-corrected chi connectivity index (χ2v) is 9.86. The van der Waals surface area contributed by atoms with Gasteiger partial charge in [0.05, 0.1) is 4.90 Å². The fourth-order valence-electron chi connectivity index (χ4n) is 2.36. The molecule has 1 aromatic rings. The molecule has 0 radical (unpaired) electrons. The van der Waals surface area contributed by atoms with Gasteiger partial charge in [0.25, 0.3) is 0 Å². The van der Waals surface area contributed by atoms with Gasteiger partial charge >= 0.3 is 0 Å². The topological polar surface area (TPSA) is 49.4 Å². The summed E-state index contributed by atoms with van der Waals surface area (Å²) in [6.45, 7) is 4.02. The summed E-state index contributed by atoms with van der Waals surface area (Å²) in [5.41, 5.74) is 0. The van der Waals surface area contributed by atoms with Crippen LogP contribution in [0, 0.1) is 0 Å². The van der Waals surface area contributed by atoms with E-state index in [4.69, 9.17) is 0 Å². The molecule has 0 amide bonds. The van der Waals surface area contributed by atoms with Crippen LogP contribution in [0.15, 0.2) is 16.3 Å². The molecule has 1 aromatic heterocycles. The van der Waals surface area contributed by atoms with Crippen LogP contribution in [-0.2, 0) is 16.6 Å². The van der Waals surface area contributed by atoms with Crippen LogP contribution in [0.2, 0.25) is 0 Å². The maximum absolute atomic E-state index is 12.8. The van der Waals surface area contributed by atoms with Gasteiger partial charge in [0, 0.05) is 41.6 Å². The summed E-state index contributed by atoms with van der Waals surface area (Å²) in [4.78, 5) is 1.46. The number of thiophene rings is 1. The molecular formula is C13H20N2O2S3. The fraction of sp³-hybridized carbons (Fsp3) is 0.692. The van der Waals surface area contributed by atoms with E-state index in [1.807, 2.05) is 17.1 Å². The van der Waals surface area contributed by atoms with Crippen molar-refractivity contribution < 1.29 is 8.42 Å². The van der Waals surface area contributed by atoms with E-state index >= 15 is 0 Å². The molecule has 1 saturated heterocycles. The number of nitrogens with one attached hydrogen (secondary N) is 1. The van der Waals surface area contributed by atoms with Gasteiger partial charge in [0.15, 0.2) is 0 Å². The van der Waals surface area contributed by atoms with Gasteiger partial charge in [-0.2, -0.15) is 16.1 Å². The van der Waals surface area contributed by atoms with Crippen molar-refractivity contribution in [3.63, 3.8) is 0 Å². The SMILES string of the molecule is CC1CN(S(=O)(=O)c2ccsc2CNC2CC2)CCS1. The van der Waals surface area contributed by atoms with Crippen LogP contribution < -0.4 is 5.32 Å². The first-order valence-electron chi connectivity index (χ1n) is 6.99. The summed E-state index contributed by atoms with van der Waals surface area (Å²) >= 11 is 3.38. The Labute approximate surface area is 129 Å². The van der Waals surface area contributed by atoms with Gasteiger partial charge in [-0.15, -0.1) is 11.3 Å². The minimum absolute atomic E-state index is 0.380. The molecule has 1 N–H and O–H groups in total. The van der Waals surface area contributed by atoms with Gasteiger partial charge in [0.2, 0.25) is 10.0 Å². The third kappa shape index (κ3) is 3.22. The molecule has 1 atom stereocenters. The van der Waals surface area contributed by atoms with Crippen molar-refractivity contribution in [3.8, 4) is 0 Å². The van der Waals surface area contributed by atoms with Gasteiger partial charge < -0.3 is 5.32 Å². The third-order valence-electron chi connectivity index (χ3n) is 3.65. The lowest BCUT2D eigenvalue weighted by Crippen LogP contribution is -2.41. The zero-order valence-corrected chi connectivity index (χ0v) is 14.0. The van der Waals surface area contributed by atoms with Crippen LogP contribution in [0.1, 0.15) is 24.6 Å². The third-order valence-corrected chi connectivity index (χ3v) is 7.79. The van der Waals surface area contributed by atoms with Crippen molar-refractivity contribution >= 4 is 33.1 Å². The molecule has 1 aliphatic heterocycles. The lowest BCUT2D eigenvalue weighted by atomic mass is 10.4. The van der Waals surface area contributed by atoms with Gasteiger partial charge in [-0.25, -0.2) is 8.42 Å². The number of sulfonamides is 1. The average Bonchev–Trinajstić information content (AvgIpc) is 3.12. The number of nitrogens with zero attached hydrogens (tertiary/aromatic N) is 1. The molecule has 0 aromatic carbocycles. The number of hydrogen-bond donors (Lipinski definition) is 1. The smallest absolute Gasteiger partial charge is 0.244 e. The van der Waals surface area contributed by atoms with Crippen molar-refractivity contribution in [2.75, 3.05) is 18.8 Å². The second-order valence-electron chi connectivity index (χ2n) is 5.41. The Balaban J connectivity index is 1.77. The first-order chi connectivity index (χ1) is 9.57. The van der Waals surface area contributed by atoms with E-state index < -0.39 is 10.0 Å². The Bertz CT molecular complexity index is 566. The number of hydrogen-bond acceptors (Lipinski definition) is 5. The van der Waals surface area contributed by atoms with Crippen LogP contribution in [0.25, 0.3) is 0 Å². The predicted molar refractivity (Wildman–Crippen MR) is 84.9 cm³/mol. The standard InChI is InChI=1S/C13H20N2O2S3/c1-10-9-15(5-7-18-10)20(16,17)13-4-6-19-12(13)8-14-11-2-3-11/h4,6,10-11,14H,2-3,5,7-9H2,1H3. The molecule has 0 spiro atoms. The van der Waals surface area contributed by atoms with Crippen molar-refractivity contribution in [2.24, 2.45) is 0 Å². The van der Waals surface area contributed by atoms with E-state index in [0.717, 1.165) is 10.6 Å². The molecule has 0 bridgehead atoms. The van der Waals surface area contributed by atoms with Gasteiger partial charge in [-0.1, -0.05) is 6.92 Å². The van der Waals surface area contributed by atoms with Crippen LogP contribution in [0.5, 0.6) is 0 Å². The molecule has 20 heavy (non-hydrogen) atoms. The van der Waals surface area contributed by atoms with Gasteiger partial charge in [-0.05, 0) is 24.3 Å². The van der Waals surface area contributed by atoms with E-state index in [0.29, 0.717) is 35.8 Å². The Morgan fingerprint density at radius 2 is 2.25 bits per heavy atom. The molecule has 7 heteroatoms.